The van der Waals surface area contributed by atoms with Crippen LogP contribution in [0.15, 0.2) is 40.2 Å². The van der Waals surface area contributed by atoms with Crippen molar-refractivity contribution in [3.63, 3.8) is 0 Å². The zero-order valence-electron chi connectivity index (χ0n) is 11.4. The van der Waals surface area contributed by atoms with Crippen LogP contribution in [0.25, 0.3) is 0 Å². The third-order valence-corrected chi connectivity index (χ3v) is 4.52. The van der Waals surface area contributed by atoms with Gasteiger partial charge in [-0.05, 0) is 51.6 Å². The fourth-order valence-corrected chi connectivity index (χ4v) is 3.23. The maximum Gasteiger partial charge on any atom is 0.229 e. The summed E-state index contributed by atoms with van der Waals surface area (Å²) in [6, 6.07) is 9.50. The molecule has 2 heterocycles. The number of ether oxygens (including phenoxy) is 2. The van der Waals surface area contributed by atoms with Gasteiger partial charge in [-0.15, -0.1) is 11.3 Å². The number of rotatable bonds is 5. The topological polar surface area (TPSA) is 42.1 Å². The second-order valence-electron chi connectivity index (χ2n) is 4.69. The maximum absolute atomic E-state index is 11.9. The maximum atomic E-state index is 11.9. The summed E-state index contributed by atoms with van der Waals surface area (Å²) in [5, 5.41) is 2.85. The van der Waals surface area contributed by atoms with Gasteiger partial charge in [0.05, 0.1) is 16.8 Å². The Morgan fingerprint density at radius 2 is 2.33 bits per heavy atom. The van der Waals surface area contributed by atoms with E-state index in [1.807, 2.05) is 35.7 Å². The van der Waals surface area contributed by atoms with E-state index in [1.165, 1.54) is 11.3 Å². The van der Waals surface area contributed by atoms with Crippen molar-refractivity contribution in [2.45, 2.75) is 13.0 Å². The molecule has 21 heavy (non-hydrogen) atoms. The number of carbonyl (C=O) groups excluding carboxylic acids is 1. The van der Waals surface area contributed by atoms with Crippen molar-refractivity contribution in [2.24, 2.45) is 0 Å². The van der Waals surface area contributed by atoms with Crippen molar-refractivity contribution in [1.29, 1.82) is 0 Å². The Kier molecular flexibility index (Phi) is 4.28. The molecule has 1 aromatic carbocycles. The van der Waals surface area contributed by atoms with Crippen LogP contribution in [-0.4, -0.2) is 25.2 Å². The molecule has 1 unspecified atom stereocenters. The van der Waals surface area contributed by atoms with Crippen molar-refractivity contribution < 1.29 is 14.3 Å². The molecule has 0 saturated carbocycles. The summed E-state index contributed by atoms with van der Waals surface area (Å²) >= 11 is 5.03. The SMILES string of the molecule is CC(=O)N(c1ccc(OCC2CO2)c(Br)c1)c1cccs1. The highest BCUT2D eigenvalue weighted by atomic mass is 79.9. The van der Waals surface area contributed by atoms with Gasteiger partial charge in [-0.25, -0.2) is 0 Å². The quantitative estimate of drug-likeness (QED) is 0.750. The zero-order valence-corrected chi connectivity index (χ0v) is 13.8. The lowest BCUT2D eigenvalue weighted by Crippen LogP contribution is -2.21. The standard InChI is InChI=1S/C15H14BrNO3S/c1-10(18)17(15-3-2-6-21-15)11-4-5-14(13(16)7-11)20-9-12-8-19-12/h2-7,12H,8-9H2,1H3. The number of anilines is 2. The summed E-state index contributed by atoms with van der Waals surface area (Å²) < 4.78 is 11.6. The summed E-state index contributed by atoms with van der Waals surface area (Å²) in [7, 11) is 0. The van der Waals surface area contributed by atoms with E-state index in [-0.39, 0.29) is 12.0 Å². The molecule has 2 aromatic rings. The number of hydrogen-bond donors (Lipinski definition) is 0. The predicted molar refractivity (Wildman–Crippen MR) is 86.5 cm³/mol. The van der Waals surface area contributed by atoms with Crippen molar-refractivity contribution in [3.8, 4) is 5.75 Å². The van der Waals surface area contributed by atoms with Gasteiger partial charge in [-0.3, -0.25) is 9.69 Å². The normalized spacial score (nSPS) is 16.6. The number of nitrogens with zero attached hydrogens (tertiary/aromatic N) is 1. The van der Waals surface area contributed by atoms with Crippen LogP contribution in [0.4, 0.5) is 10.7 Å². The van der Waals surface area contributed by atoms with E-state index in [1.54, 1.807) is 11.8 Å². The van der Waals surface area contributed by atoms with Crippen LogP contribution in [0.2, 0.25) is 0 Å². The average Bonchev–Trinajstić information content (AvgIpc) is 3.12. The van der Waals surface area contributed by atoms with Crippen LogP contribution in [-0.2, 0) is 9.53 Å². The first-order chi connectivity index (χ1) is 10.1. The van der Waals surface area contributed by atoms with Gasteiger partial charge in [0.25, 0.3) is 0 Å². The summed E-state index contributed by atoms with van der Waals surface area (Å²) in [5.74, 6) is 0.730. The Morgan fingerprint density at radius 1 is 1.52 bits per heavy atom. The Morgan fingerprint density at radius 3 is 2.90 bits per heavy atom. The molecule has 0 spiro atoms. The van der Waals surface area contributed by atoms with E-state index in [0.29, 0.717) is 6.61 Å². The number of thiophene rings is 1. The highest BCUT2D eigenvalue weighted by molar-refractivity contribution is 9.10. The molecule has 0 radical (unpaired) electrons. The van der Waals surface area contributed by atoms with Crippen LogP contribution in [0.1, 0.15) is 6.92 Å². The van der Waals surface area contributed by atoms with Gasteiger partial charge in [-0.2, -0.15) is 0 Å². The highest BCUT2D eigenvalue weighted by Crippen LogP contribution is 2.35. The van der Waals surface area contributed by atoms with Gasteiger partial charge < -0.3 is 9.47 Å². The molecular formula is C15H14BrNO3S. The second kappa shape index (κ2) is 6.17. The van der Waals surface area contributed by atoms with Crippen molar-refractivity contribution in [1.82, 2.24) is 0 Å². The van der Waals surface area contributed by atoms with E-state index in [9.17, 15) is 4.79 Å². The van der Waals surface area contributed by atoms with Crippen molar-refractivity contribution in [3.05, 3.63) is 40.2 Å². The molecule has 1 aromatic heterocycles. The van der Waals surface area contributed by atoms with Gasteiger partial charge in [-0.1, -0.05) is 0 Å². The molecule has 1 aliphatic rings. The molecule has 1 aliphatic heterocycles. The van der Waals surface area contributed by atoms with Crippen LogP contribution < -0.4 is 9.64 Å². The van der Waals surface area contributed by atoms with Crippen molar-refractivity contribution >= 4 is 43.9 Å². The molecule has 3 rings (SSSR count). The van der Waals surface area contributed by atoms with E-state index in [0.717, 1.165) is 27.5 Å². The fraction of sp³-hybridized carbons (Fsp3) is 0.267. The number of carbonyl (C=O) groups is 1. The van der Waals surface area contributed by atoms with Gasteiger partial charge in [0.1, 0.15) is 23.5 Å². The Labute approximate surface area is 135 Å². The first kappa shape index (κ1) is 14.6. The predicted octanol–water partition coefficient (Wildman–Crippen LogP) is 3.97. The lowest BCUT2D eigenvalue weighted by atomic mass is 10.2. The van der Waals surface area contributed by atoms with Crippen molar-refractivity contribution in [2.75, 3.05) is 18.1 Å². The van der Waals surface area contributed by atoms with E-state index in [4.69, 9.17) is 9.47 Å². The van der Waals surface area contributed by atoms with E-state index >= 15 is 0 Å². The molecule has 0 aliphatic carbocycles. The molecule has 0 bridgehead atoms. The van der Waals surface area contributed by atoms with Gasteiger partial charge in [0.15, 0.2) is 0 Å². The zero-order chi connectivity index (χ0) is 14.8. The molecule has 1 amide bonds. The summed E-state index contributed by atoms with van der Waals surface area (Å²) in [6.45, 7) is 2.88. The third kappa shape index (κ3) is 3.45. The third-order valence-electron chi connectivity index (χ3n) is 3.04. The molecule has 1 atom stereocenters. The van der Waals surface area contributed by atoms with Crippen LogP contribution in [0.3, 0.4) is 0 Å². The molecule has 110 valence electrons. The number of halogens is 1. The molecule has 0 N–H and O–H groups in total. The Hall–Kier alpha value is -1.37. The Balaban J connectivity index is 1.83. The molecule has 6 heteroatoms. The smallest absolute Gasteiger partial charge is 0.229 e. The van der Waals surface area contributed by atoms with Gasteiger partial charge in [0.2, 0.25) is 5.91 Å². The first-order valence-electron chi connectivity index (χ1n) is 6.53. The Bertz CT molecular complexity index is 640. The van der Waals surface area contributed by atoms with Gasteiger partial charge >= 0.3 is 0 Å². The monoisotopic (exact) mass is 367 g/mol. The lowest BCUT2D eigenvalue weighted by Gasteiger charge is -2.20. The minimum atomic E-state index is -0.0237. The minimum absolute atomic E-state index is 0.0237. The van der Waals surface area contributed by atoms with E-state index in [2.05, 4.69) is 15.9 Å². The molecule has 1 saturated heterocycles. The van der Waals surface area contributed by atoms with Gasteiger partial charge in [0, 0.05) is 6.92 Å². The highest BCUT2D eigenvalue weighted by Gasteiger charge is 2.23. The fourth-order valence-electron chi connectivity index (χ4n) is 1.95. The van der Waals surface area contributed by atoms with Crippen LogP contribution >= 0.6 is 27.3 Å². The molecule has 4 nitrogen and oxygen atoms in total. The second-order valence-corrected chi connectivity index (χ2v) is 6.47. The number of amides is 1. The average molecular weight is 368 g/mol. The van der Waals surface area contributed by atoms with Crippen LogP contribution in [0.5, 0.6) is 5.75 Å². The lowest BCUT2D eigenvalue weighted by molar-refractivity contribution is -0.115. The van der Waals surface area contributed by atoms with E-state index < -0.39 is 0 Å². The first-order valence-corrected chi connectivity index (χ1v) is 8.20. The molecular weight excluding hydrogens is 354 g/mol. The summed E-state index contributed by atoms with van der Waals surface area (Å²) in [6.07, 6.45) is 0.219. The number of epoxide rings is 1. The summed E-state index contributed by atoms with van der Waals surface area (Å²) in [5.41, 5.74) is 0.812. The van der Waals surface area contributed by atoms with Crippen LogP contribution in [0, 0.1) is 0 Å². The number of benzene rings is 1. The largest absolute Gasteiger partial charge is 0.490 e. The number of hydrogen-bond acceptors (Lipinski definition) is 4. The minimum Gasteiger partial charge on any atom is -0.490 e. The molecule has 1 fully saturated rings. The summed E-state index contributed by atoms with van der Waals surface area (Å²) in [4.78, 5) is 13.6.